The lowest BCUT2D eigenvalue weighted by Gasteiger charge is -2.70. The van der Waals surface area contributed by atoms with Gasteiger partial charge in [-0.3, -0.25) is 14.5 Å². The summed E-state index contributed by atoms with van der Waals surface area (Å²) < 4.78 is 0.413. The standard InChI is InChI=1S/C35H50N2O5S2/c1-30(2)14-16-35(28(40)41)17-15-33(6)21(22(35)18-30)8-9-24-32(5)12-11-25(31(3,4)23(32)10-13-34(24,33)7)36-42-27(39)19-37-26(38)20-44-29(37)43/h8,22-24H,9-20H2,1-7H3,(H,40,41)/b36-25-/t22-,23-,24-,32+,33-,34-,35+/m1/s1. The zero-order valence-electron chi connectivity index (χ0n) is 27.6. The maximum atomic E-state index is 12.9. The molecule has 5 aliphatic carbocycles. The van der Waals surface area contributed by atoms with Crippen LogP contribution in [0.3, 0.4) is 0 Å². The third kappa shape index (κ3) is 4.51. The van der Waals surface area contributed by atoms with Crippen LogP contribution < -0.4 is 0 Å². The molecule has 0 aromatic rings. The van der Waals surface area contributed by atoms with Crippen molar-refractivity contribution in [3.05, 3.63) is 11.6 Å². The summed E-state index contributed by atoms with van der Waals surface area (Å²) in [6.45, 7) is 16.5. The lowest BCUT2D eigenvalue weighted by Crippen LogP contribution is -2.64. The summed E-state index contributed by atoms with van der Waals surface area (Å²) in [4.78, 5) is 44.4. The number of nitrogens with zero attached hydrogens (tertiary/aromatic N) is 2. The van der Waals surface area contributed by atoms with Crippen LogP contribution in [0, 0.1) is 50.2 Å². The van der Waals surface area contributed by atoms with Crippen LogP contribution in [0.1, 0.15) is 113 Å². The van der Waals surface area contributed by atoms with E-state index in [0.717, 1.165) is 69.9 Å². The molecule has 1 aliphatic heterocycles. The Kier molecular flexibility index (Phi) is 7.60. The molecule has 1 amide bonds. The van der Waals surface area contributed by atoms with Crippen molar-refractivity contribution < 1.29 is 24.3 Å². The third-order valence-corrected chi connectivity index (χ3v) is 15.7. The molecule has 0 unspecified atom stereocenters. The van der Waals surface area contributed by atoms with Gasteiger partial charge in [-0.2, -0.15) is 0 Å². The zero-order valence-corrected chi connectivity index (χ0v) is 29.2. The SMILES string of the molecule is CC1(C)CC[C@]2(C(=O)O)CC[C@]3(C)C(=CC[C@@H]4[C@@]5(C)CC/C(=N/OC(=O)CN6C(=O)CSC6=S)C(C)(C)[C@H]5CC[C@]43C)[C@H]2C1. The molecule has 0 radical (unpaired) electrons. The highest BCUT2D eigenvalue weighted by Gasteiger charge is 2.69. The average molecular weight is 643 g/mol. The Balaban J connectivity index is 1.27. The number of fused-ring (bicyclic) bond motifs is 7. The second-order valence-electron chi connectivity index (χ2n) is 16.9. The Labute approximate surface area is 272 Å². The molecule has 1 N–H and O–H groups in total. The van der Waals surface area contributed by atoms with Crippen LogP contribution in [-0.2, 0) is 19.2 Å². The summed E-state index contributed by atoms with van der Waals surface area (Å²) in [7, 11) is 0. The number of carboxylic acids is 1. The van der Waals surface area contributed by atoms with Gasteiger partial charge in [0, 0.05) is 5.41 Å². The van der Waals surface area contributed by atoms with E-state index in [9.17, 15) is 19.5 Å². The number of hydrogen-bond acceptors (Lipinski definition) is 7. The maximum absolute atomic E-state index is 12.9. The van der Waals surface area contributed by atoms with Gasteiger partial charge in [0.05, 0.1) is 16.9 Å². The van der Waals surface area contributed by atoms with Crippen LogP contribution in [0.25, 0.3) is 0 Å². The molecule has 1 heterocycles. The van der Waals surface area contributed by atoms with Crippen LogP contribution in [0.4, 0.5) is 0 Å². The summed E-state index contributed by atoms with van der Waals surface area (Å²) >= 11 is 6.48. The van der Waals surface area contributed by atoms with E-state index in [1.807, 2.05) is 0 Å². The second-order valence-corrected chi connectivity index (χ2v) is 18.5. The predicted molar refractivity (Wildman–Crippen MR) is 177 cm³/mol. The Bertz CT molecular complexity index is 1350. The molecular weight excluding hydrogens is 593 g/mol. The molecule has 44 heavy (non-hydrogen) atoms. The van der Waals surface area contributed by atoms with E-state index < -0.39 is 17.4 Å². The van der Waals surface area contributed by atoms with Crippen molar-refractivity contribution >= 4 is 51.9 Å². The Morgan fingerprint density at radius 2 is 1.75 bits per heavy atom. The highest BCUT2D eigenvalue weighted by molar-refractivity contribution is 8.23. The molecule has 7 atom stereocenters. The number of carbonyl (C=O) groups excluding carboxylic acids is 2. The number of carbonyl (C=O) groups is 3. The number of oxime groups is 1. The number of hydrogen-bond donors (Lipinski definition) is 1. The fraction of sp³-hybridized carbons (Fsp3) is 0.800. The molecule has 0 spiro atoms. The van der Waals surface area contributed by atoms with E-state index in [4.69, 9.17) is 17.1 Å². The van der Waals surface area contributed by atoms with Gasteiger partial charge in [0.15, 0.2) is 0 Å². The minimum absolute atomic E-state index is 0.0131. The van der Waals surface area contributed by atoms with Crippen molar-refractivity contribution in [2.45, 2.75) is 113 Å². The molecule has 7 nitrogen and oxygen atoms in total. The van der Waals surface area contributed by atoms with Crippen molar-refractivity contribution in [2.24, 2.45) is 55.4 Å². The van der Waals surface area contributed by atoms with Gasteiger partial charge in [-0.25, -0.2) is 4.79 Å². The highest BCUT2D eigenvalue weighted by Crippen LogP contribution is 2.75. The van der Waals surface area contributed by atoms with Crippen LogP contribution in [0.2, 0.25) is 0 Å². The number of thioether (sulfide) groups is 1. The monoisotopic (exact) mass is 642 g/mol. The molecule has 242 valence electrons. The molecule has 0 aromatic carbocycles. The quantitative estimate of drug-likeness (QED) is 0.146. The van der Waals surface area contributed by atoms with E-state index in [-0.39, 0.29) is 51.2 Å². The maximum Gasteiger partial charge on any atom is 0.354 e. The topological polar surface area (TPSA) is 96.3 Å². The Hall–Kier alpha value is -1.74. The van der Waals surface area contributed by atoms with Crippen molar-refractivity contribution in [1.82, 2.24) is 4.90 Å². The normalized spacial score (nSPS) is 43.3. The largest absolute Gasteiger partial charge is 0.481 e. The van der Waals surface area contributed by atoms with Gasteiger partial charge in [0.1, 0.15) is 10.9 Å². The number of rotatable bonds is 4. The fourth-order valence-corrected chi connectivity index (χ4v) is 12.5. The van der Waals surface area contributed by atoms with Crippen LogP contribution >= 0.6 is 24.0 Å². The summed E-state index contributed by atoms with van der Waals surface area (Å²) in [6.07, 6.45) is 11.9. The van der Waals surface area contributed by atoms with Gasteiger partial charge < -0.3 is 9.94 Å². The van der Waals surface area contributed by atoms with Crippen LogP contribution in [-0.4, -0.2) is 50.2 Å². The smallest absolute Gasteiger partial charge is 0.354 e. The number of carboxylic acid groups (broad SMARTS) is 1. The first-order valence-electron chi connectivity index (χ1n) is 16.6. The lowest BCUT2D eigenvalue weighted by molar-refractivity contribution is -0.179. The molecule has 0 bridgehead atoms. The predicted octanol–water partition coefficient (Wildman–Crippen LogP) is 7.63. The molecule has 4 saturated carbocycles. The summed E-state index contributed by atoms with van der Waals surface area (Å²) in [6, 6.07) is 0. The van der Waals surface area contributed by atoms with E-state index in [0.29, 0.717) is 16.2 Å². The van der Waals surface area contributed by atoms with E-state index >= 15 is 0 Å². The van der Waals surface area contributed by atoms with Gasteiger partial charge in [-0.15, -0.1) is 0 Å². The van der Waals surface area contributed by atoms with Crippen LogP contribution in [0.15, 0.2) is 16.8 Å². The first-order chi connectivity index (χ1) is 20.4. The summed E-state index contributed by atoms with van der Waals surface area (Å²) in [5, 5.41) is 15.1. The minimum Gasteiger partial charge on any atom is -0.481 e. The Morgan fingerprint density at radius 1 is 1.05 bits per heavy atom. The number of allylic oxidation sites excluding steroid dienone is 2. The van der Waals surface area contributed by atoms with Gasteiger partial charge in [0.2, 0.25) is 5.91 Å². The van der Waals surface area contributed by atoms with E-state index in [1.165, 1.54) is 22.2 Å². The molecule has 0 aromatic heterocycles. The molecule has 6 rings (SSSR count). The van der Waals surface area contributed by atoms with E-state index in [1.54, 1.807) is 0 Å². The third-order valence-electron chi connectivity index (χ3n) is 14.2. The van der Waals surface area contributed by atoms with Crippen molar-refractivity contribution in [3.8, 4) is 0 Å². The first-order valence-corrected chi connectivity index (χ1v) is 18.0. The average Bonchev–Trinajstić information content (AvgIpc) is 3.24. The first kappa shape index (κ1) is 32.2. The molecule has 6 aliphatic rings. The fourth-order valence-electron chi connectivity index (χ4n) is 11.4. The van der Waals surface area contributed by atoms with Crippen molar-refractivity contribution in [1.29, 1.82) is 0 Å². The minimum atomic E-state index is -0.618. The zero-order chi connectivity index (χ0) is 32.1. The van der Waals surface area contributed by atoms with Gasteiger partial charge in [-0.1, -0.05) is 89.3 Å². The van der Waals surface area contributed by atoms with Gasteiger partial charge in [-0.05, 0) is 104 Å². The second kappa shape index (κ2) is 10.4. The molecular formula is C35H50N2O5S2. The summed E-state index contributed by atoms with van der Waals surface area (Å²) in [5.41, 5.74) is 1.84. The highest BCUT2D eigenvalue weighted by atomic mass is 32.2. The van der Waals surface area contributed by atoms with Crippen molar-refractivity contribution in [2.75, 3.05) is 12.3 Å². The lowest BCUT2D eigenvalue weighted by atomic mass is 9.33. The van der Waals surface area contributed by atoms with Gasteiger partial charge >= 0.3 is 11.9 Å². The number of aliphatic carboxylic acids is 1. The van der Waals surface area contributed by atoms with Crippen molar-refractivity contribution in [3.63, 3.8) is 0 Å². The Morgan fingerprint density at radius 3 is 2.41 bits per heavy atom. The van der Waals surface area contributed by atoms with Crippen LogP contribution in [0.5, 0.6) is 0 Å². The number of amides is 1. The molecule has 1 saturated heterocycles. The van der Waals surface area contributed by atoms with E-state index in [2.05, 4.69) is 59.7 Å². The summed E-state index contributed by atoms with van der Waals surface area (Å²) in [5.74, 6) is -0.0555. The van der Waals surface area contributed by atoms with Gasteiger partial charge in [0.25, 0.3) is 0 Å². The number of thiocarbonyl (C=S) groups is 1. The molecule has 9 heteroatoms. The molecule has 5 fully saturated rings.